The SMILES string of the molecule is Cc1ncccc1-c1ccc(NC(=O)NC2CC2)cc1. The van der Waals surface area contributed by atoms with Gasteiger partial charge in [-0.2, -0.15) is 0 Å². The molecule has 1 aromatic heterocycles. The smallest absolute Gasteiger partial charge is 0.319 e. The number of aromatic nitrogens is 1. The summed E-state index contributed by atoms with van der Waals surface area (Å²) in [6.07, 6.45) is 3.97. The Hall–Kier alpha value is -2.36. The molecule has 3 rings (SSSR count). The molecule has 0 unspecified atom stereocenters. The molecule has 0 saturated heterocycles. The molecule has 1 heterocycles. The van der Waals surface area contributed by atoms with Crippen LogP contribution in [0, 0.1) is 6.92 Å². The zero-order valence-corrected chi connectivity index (χ0v) is 11.4. The van der Waals surface area contributed by atoms with E-state index in [0.717, 1.165) is 35.3 Å². The van der Waals surface area contributed by atoms with E-state index < -0.39 is 0 Å². The summed E-state index contributed by atoms with van der Waals surface area (Å²) in [5.74, 6) is 0. The highest BCUT2D eigenvalue weighted by molar-refractivity contribution is 5.90. The van der Waals surface area contributed by atoms with E-state index in [1.165, 1.54) is 0 Å². The lowest BCUT2D eigenvalue weighted by Crippen LogP contribution is -2.30. The van der Waals surface area contributed by atoms with Gasteiger partial charge in [0.25, 0.3) is 0 Å². The molecule has 4 heteroatoms. The van der Waals surface area contributed by atoms with E-state index in [1.807, 2.05) is 43.3 Å². The molecule has 0 atom stereocenters. The highest BCUT2D eigenvalue weighted by atomic mass is 16.2. The molecule has 102 valence electrons. The molecular formula is C16H17N3O. The third-order valence-corrected chi connectivity index (χ3v) is 3.37. The van der Waals surface area contributed by atoms with Crippen molar-refractivity contribution in [1.29, 1.82) is 0 Å². The number of urea groups is 1. The Labute approximate surface area is 118 Å². The number of nitrogens with zero attached hydrogens (tertiary/aromatic N) is 1. The summed E-state index contributed by atoms with van der Waals surface area (Å²) in [6, 6.07) is 12.0. The molecule has 2 N–H and O–H groups in total. The average Bonchev–Trinajstić information content (AvgIpc) is 3.24. The summed E-state index contributed by atoms with van der Waals surface area (Å²) in [6.45, 7) is 1.99. The Morgan fingerprint density at radius 3 is 2.60 bits per heavy atom. The van der Waals surface area contributed by atoms with Crippen molar-refractivity contribution in [2.75, 3.05) is 5.32 Å². The molecule has 0 radical (unpaired) electrons. The minimum Gasteiger partial charge on any atom is -0.335 e. The van der Waals surface area contributed by atoms with E-state index in [1.54, 1.807) is 6.20 Å². The van der Waals surface area contributed by atoms with Crippen molar-refractivity contribution in [2.24, 2.45) is 0 Å². The molecule has 1 aliphatic carbocycles. The first-order valence-electron chi connectivity index (χ1n) is 6.82. The standard InChI is InChI=1S/C16H17N3O/c1-11-15(3-2-10-17-11)12-4-6-13(7-5-12)18-16(20)19-14-8-9-14/h2-7,10,14H,8-9H2,1H3,(H2,18,19,20). The number of rotatable bonds is 3. The van der Waals surface area contributed by atoms with Crippen LogP contribution in [-0.4, -0.2) is 17.1 Å². The molecule has 1 aliphatic rings. The van der Waals surface area contributed by atoms with E-state index >= 15 is 0 Å². The van der Waals surface area contributed by atoms with Gasteiger partial charge in [0.15, 0.2) is 0 Å². The minimum atomic E-state index is -0.127. The molecule has 2 amide bonds. The zero-order valence-electron chi connectivity index (χ0n) is 11.4. The van der Waals surface area contributed by atoms with Crippen molar-refractivity contribution in [3.63, 3.8) is 0 Å². The van der Waals surface area contributed by atoms with Crippen LogP contribution >= 0.6 is 0 Å². The maximum absolute atomic E-state index is 11.6. The Kier molecular flexibility index (Phi) is 3.37. The van der Waals surface area contributed by atoms with Crippen LogP contribution in [0.2, 0.25) is 0 Å². The molecule has 20 heavy (non-hydrogen) atoms. The van der Waals surface area contributed by atoms with Gasteiger partial charge in [-0.15, -0.1) is 0 Å². The molecule has 0 bridgehead atoms. The van der Waals surface area contributed by atoms with Crippen molar-refractivity contribution in [3.8, 4) is 11.1 Å². The van der Waals surface area contributed by atoms with Gasteiger partial charge in [0.05, 0.1) is 0 Å². The molecular weight excluding hydrogens is 250 g/mol. The molecule has 1 fully saturated rings. The average molecular weight is 267 g/mol. The van der Waals surface area contributed by atoms with Crippen molar-refractivity contribution in [2.45, 2.75) is 25.8 Å². The molecule has 4 nitrogen and oxygen atoms in total. The quantitative estimate of drug-likeness (QED) is 0.896. The predicted molar refractivity (Wildman–Crippen MR) is 79.6 cm³/mol. The number of amides is 2. The van der Waals surface area contributed by atoms with Gasteiger partial charge in [-0.25, -0.2) is 4.79 Å². The lowest BCUT2D eigenvalue weighted by molar-refractivity contribution is 0.251. The summed E-state index contributed by atoms with van der Waals surface area (Å²) in [7, 11) is 0. The van der Waals surface area contributed by atoms with E-state index in [9.17, 15) is 4.79 Å². The Morgan fingerprint density at radius 1 is 1.20 bits per heavy atom. The number of nitrogens with one attached hydrogen (secondary N) is 2. The predicted octanol–water partition coefficient (Wildman–Crippen LogP) is 3.34. The largest absolute Gasteiger partial charge is 0.335 e. The molecule has 0 aliphatic heterocycles. The first-order valence-corrected chi connectivity index (χ1v) is 6.82. The van der Waals surface area contributed by atoms with Crippen LogP contribution in [0.1, 0.15) is 18.5 Å². The normalized spacial score (nSPS) is 13.8. The second-order valence-electron chi connectivity index (χ2n) is 5.09. The van der Waals surface area contributed by atoms with Gasteiger partial charge in [-0.3, -0.25) is 4.98 Å². The Bertz CT molecular complexity index is 618. The third-order valence-electron chi connectivity index (χ3n) is 3.37. The topological polar surface area (TPSA) is 54.0 Å². The fourth-order valence-electron chi connectivity index (χ4n) is 2.10. The van der Waals surface area contributed by atoms with Crippen LogP contribution < -0.4 is 10.6 Å². The van der Waals surface area contributed by atoms with Gasteiger partial charge in [-0.05, 0) is 43.5 Å². The van der Waals surface area contributed by atoms with Crippen LogP contribution in [-0.2, 0) is 0 Å². The molecule has 1 aromatic carbocycles. The van der Waals surface area contributed by atoms with Gasteiger partial charge >= 0.3 is 6.03 Å². The van der Waals surface area contributed by atoms with E-state index in [0.29, 0.717) is 6.04 Å². The summed E-state index contributed by atoms with van der Waals surface area (Å²) in [5.41, 5.74) is 4.01. The van der Waals surface area contributed by atoms with Crippen molar-refractivity contribution >= 4 is 11.7 Å². The van der Waals surface area contributed by atoms with Gasteiger partial charge in [0, 0.05) is 29.2 Å². The number of hydrogen-bond donors (Lipinski definition) is 2. The number of carbonyl (C=O) groups is 1. The second kappa shape index (κ2) is 5.33. The maximum atomic E-state index is 11.6. The number of pyridine rings is 1. The number of carbonyl (C=O) groups excluding carboxylic acids is 1. The minimum absolute atomic E-state index is 0.127. The molecule has 2 aromatic rings. The van der Waals surface area contributed by atoms with Crippen LogP contribution in [0.25, 0.3) is 11.1 Å². The van der Waals surface area contributed by atoms with E-state index in [4.69, 9.17) is 0 Å². The van der Waals surface area contributed by atoms with Crippen molar-refractivity contribution < 1.29 is 4.79 Å². The Morgan fingerprint density at radius 2 is 1.95 bits per heavy atom. The fourth-order valence-corrected chi connectivity index (χ4v) is 2.10. The maximum Gasteiger partial charge on any atom is 0.319 e. The molecule has 0 spiro atoms. The monoisotopic (exact) mass is 267 g/mol. The number of anilines is 1. The summed E-state index contributed by atoms with van der Waals surface area (Å²) in [5, 5.41) is 5.74. The van der Waals surface area contributed by atoms with Gasteiger partial charge in [0.2, 0.25) is 0 Å². The lowest BCUT2D eigenvalue weighted by atomic mass is 10.0. The highest BCUT2D eigenvalue weighted by Crippen LogP contribution is 2.23. The van der Waals surface area contributed by atoms with Crippen LogP contribution in [0.15, 0.2) is 42.6 Å². The Balaban J connectivity index is 1.71. The third kappa shape index (κ3) is 2.96. The zero-order chi connectivity index (χ0) is 13.9. The first-order chi connectivity index (χ1) is 9.72. The number of benzene rings is 1. The van der Waals surface area contributed by atoms with Crippen LogP contribution in [0.4, 0.5) is 10.5 Å². The van der Waals surface area contributed by atoms with Gasteiger partial charge in [-0.1, -0.05) is 18.2 Å². The van der Waals surface area contributed by atoms with Crippen LogP contribution in [0.3, 0.4) is 0 Å². The van der Waals surface area contributed by atoms with Crippen LogP contribution in [0.5, 0.6) is 0 Å². The highest BCUT2D eigenvalue weighted by Gasteiger charge is 2.23. The fraction of sp³-hybridized carbons (Fsp3) is 0.250. The van der Waals surface area contributed by atoms with E-state index in [-0.39, 0.29) is 6.03 Å². The van der Waals surface area contributed by atoms with Crippen molar-refractivity contribution in [1.82, 2.24) is 10.3 Å². The van der Waals surface area contributed by atoms with Gasteiger partial charge < -0.3 is 10.6 Å². The van der Waals surface area contributed by atoms with Gasteiger partial charge in [0.1, 0.15) is 0 Å². The van der Waals surface area contributed by atoms with E-state index in [2.05, 4.69) is 15.6 Å². The number of aryl methyl sites for hydroxylation is 1. The summed E-state index contributed by atoms with van der Waals surface area (Å²) >= 11 is 0. The van der Waals surface area contributed by atoms with Crippen molar-refractivity contribution in [3.05, 3.63) is 48.3 Å². The summed E-state index contributed by atoms with van der Waals surface area (Å²) < 4.78 is 0. The first kappa shape index (κ1) is 12.7. The molecule has 1 saturated carbocycles. The lowest BCUT2D eigenvalue weighted by Gasteiger charge is -2.08. The second-order valence-corrected chi connectivity index (χ2v) is 5.09. The number of hydrogen-bond acceptors (Lipinski definition) is 2. The summed E-state index contributed by atoms with van der Waals surface area (Å²) in [4.78, 5) is 15.9.